The average molecular weight is 905 g/mol. The molecule has 0 spiro atoms. The Morgan fingerprint density at radius 2 is 0.952 bits per heavy atom. The molecule has 3 aliphatic rings. The lowest BCUT2D eigenvalue weighted by atomic mass is 10.1. The van der Waals surface area contributed by atoms with Crippen LogP contribution in [0.15, 0.2) is 110 Å². The Kier molecular flexibility index (Phi) is 16.1. The summed E-state index contributed by atoms with van der Waals surface area (Å²) in [5.74, 6) is -1.09. The second-order valence-electron chi connectivity index (χ2n) is 14.4. The van der Waals surface area contributed by atoms with E-state index in [0.717, 1.165) is 54.8 Å². The maximum absolute atomic E-state index is 12.2. The number of nitrogens with zero attached hydrogens (tertiary/aromatic N) is 8. The highest BCUT2D eigenvalue weighted by Crippen LogP contribution is 2.25. The lowest BCUT2D eigenvalue weighted by Crippen LogP contribution is -2.31. The van der Waals surface area contributed by atoms with Crippen molar-refractivity contribution in [2.75, 3.05) is 25.0 Å². The highest BCUT2D eigenvalue weighted by Gasteiger charge is 2.36. The van der Waals surface area contributed by atoms with E-state index in [-0.39, 0.29) is 42.9 Å². The molecule has 6 aromatic rings. The number of aromatic nitrogens is 6. The van der Waals surface area contributed by atoms with Crippen LogP contribution in [0.3, 0.4) is 0 Å². The van der Waals surface area contributed by atoms with Gasteiger partial charge < -0.3 is 14.1 Å². The molecule has 9 rings (SSSR count). The third-order valence-electron chi connectivity index (χ3n) is 10.0. The van der Waals surface area contributed by atoms with Gasteiger partial charge in [-0.25, -0.2) is 15.0 Å². The summed E-state index contributed by atoms with van der Waals surface area (Å²) >= 11 is 3.28. The molecule has 0 fully saturated rings. The summed E-state index contributed by atoms with van der Waals surface area (Å²) in [6, 6.07) is 20.9. The van der Waals surface area contributed by atoms with E-state index in [1.54, 1.807) is 104 Å². The Hall–Kier alpha value is -6.81. The number of nitrogens with one attached hydrogen (secondary N) is 1. The topological polar surface area (TPSA) is 176 Å². The van der Waals surface area contributed by atoms with E-state index >= 15 is 0 Å². The average Bonchev–Trinajstić information content (AvgIpc) is 4.14. The van der Waals surface area contributed by atoms with Crippen molar-refractivity contribution < 1.29 is 28.8 Å². The summed E-state index contributed by atoms with van der Waals surface area (Å²) in [5.41, 5.74) is 6.24. The van der Waals surface area contributed by atoms with Crippen LogP contribution in [0, 0.1) is 20.8 Å². The van der Waals surface area contributed by atoms with Crippen LogP contribution in [0.2, 0.25) is 0 Å². The minimum atomic E-state index is -0.188. The van der Waals surface area contributed by atoms with Crippen LogP contribution in [-0.4, -0.2) is 104 Å². The van der Waals surface area contributed by atoms with Crippen LogP contribution in [-0.2, 0) is 13.1 Å². The van der Waals surface area contributed by atoms with Gasteiger partial charge in [-0.05, 0) is 76.4 Å². The third-order valence-corrected chi connectivity index (χ3v) is 10.6. The predicted octanol–water partition coefficient (Wildman–Crippen LogP) is 7.18. The third kappa shape index (κ3) is 10.7. The van der Waals surface area contributed by atoms with Crippen molar-refractivity contribution in [3.8, 4) is 0 Å². The fraction of sp³-hybridized carbons (Fsp3) is 0.283. The fourth-order valence-electron chi connectivity index (χ4n) is 6.90. The number of halogens is 1. The second kappa shape index (κ2) is 21.6. The SMILES string of the molecule is C.Cc1cn(CCCN2C(=O)c3ccccc3C2=O)cn1.Cc1cnc[nH]1.Cc1cncn1CCCN1C(=O)c2ccccc2C1=O.O=C1c2ccccc2C(=O)N1CCCBr. The van der Waals surface area contributed by atoms with E-state index < -0.39 is 0 Å². The number of carbonyl (C=O) groups is 6. The molecule has 1 N–H and O–H groups in total. The van der Waals surface area contributed by atoms with Gasteiger partial charge in [-0.15, -0.1) is 0 Å². The minimum Gasteiger partial charge on any atom is -0.349 e. The molecule has 0 aliphatic carbocycles. The Labute approximate surface area is 368 Å². The van der Waals surface area contributed by atoms with E-state index in [9.17, 15) is 28.8 Å². The molecule has 0 radical (unpaired) electrons. The minimum absolute atomic E-state index is 0. The largest absolute Gasteiger partial charge is 0.349 e. The smallest absolute Gasteiger partial charge is 0.261 e. The summed E-state index contributed by atoms with van der Waals surface area (Å²) in [6.07, 6.45) is 12.9. The van der Waals surface area contributed by atoms with Gasteiger partial charge >= 0.3 is 0 Å². The van der Waals surface area contributed by atoms with Crippen LogP contribution >= 0.6 is 15.9 Å². The van der Waals surface area contributed by atoms with Gasteiger partial charge in [0.25, 0.3) is 35.4 Å². The lowest BCUT2D eigenvalue weighted by Gasteiger charge is -2.14. The first-order chi connectivity index (χ1) is 29.5. The van der Waals surface area contributed by atoms with Gasteiger partial charge in [0.15, 0.2) is 0 Å². The molecular formula is C46H50BrN9O6. The number of alkyl halides is 1. The molecule has 3 aromatic heterocycles. The Morgan fingerprint density at radius 1 is 0.532 bits per heavy atom. The predicted molar refractivity (Wildman–Crippen MR) is 237 cm³/mol. The second-order valence-corrected chi connectivity index (χ2v) is 15.2. The van der Waals surface area contributed by atoms with Crippen molar-refractivity contribution in [1.29, 1.82) is 0 Å². The molecule has 6 amide bonds. The van der Waals surface area contributed by atoms with Gasteiger partial charge in [-0.3, -0.25) is 43.5 Å². The van der Waals surface area contributed by atoms with E-state index in [2.05, 4.69) is 35.9 Å². The maximum atomic E-state index is 12.2. The molecule has 3 aromatic carbocycles. The van der Waals surface area contributed by atoms with Crippen molar-refractivity contribution in [2.45, 2.75) is 60.5 Å². The number of rotatable bonds is 11. The monoisotopic (exact) mass is 903 g/mol. The number of fused-ring (bicyclic) bond motifs is 3. The molecule has 0 atom stereocenters. The van der Waals surface area contributed by atoms with Crippen LogP contribution < -0.4 is 0 Å². The molecule has 0 unspecified atom stereocenters. The van der Waals surface area contributed by atoms with Crippen LogP contribution in [0.4, 0.5) is 0 Å². The van der Waals surface area contributed by atoms with Gasteiger partial charge in [-0.2, -0.15) is 0 Å². The first-order valence-electron chi connectivity index (χ1n) is 19.8. The first kappa shape index (κ1) is 46.3. The summed E-state index contributed by atoms with van der Waals surface area (Å²) in [5, 5.41) is 0.792. The van der Waals surface area contributed by atoms with E-state index in [1.165, 1.54) is 14.7 Å². The lowest BCUT2D eigenvalue weighted by molar-refractivity contribution is 0.0635. The van der Waals surface area contributed by atoms with Crippen LogP contribution in [0.1, 0.15) is 106 Å². The van der Waals surface area contributed by atoms with Gasteiger partial charge in [-0.1, -0.05) is 59.8 Å². The van der Waals surface area contributed by atoms with Gasteiger partial charge in [0.05, 0.1) is 58.1 Å². The number of hydrogen-bond donors (Lipinski definition) is 1. The maximum Gasteiger partial charge on any atom is 0.261 e. The fourth-order valence-corrected chi connectivity index (χ4v) is 7.15. The molecule has 16 heteroatoms. The zero-order chi connectivity index (χ0) is 43.5. The highest BCUT2D eigenvalue weighted by molar-refractivity contribution is 9.09. The Bertz CT molecular complexity index is 2420. The number of aryl methyl sites for hydroxylation is 5. The zero-order valence-electron chi connectivity index (χ0n) is 34.2. The van der Waals surface area contributed by atoms with Gasteiger partial charge in [0.2, 0.25) is 0 Å². The quantitative estimate of drug-likeness (QED) is 0.104. The number of H-pyrrole nitrogens is 1. The number of benzene rings is 3. The van der Waals surface area contributed by atoms with E-state index in [1.807, 2.05) is 36.1 Å². The van der Waals surface area contributed by atoms with Crippen molar-refractivity contribution in [1.82, 2.24) is 43.8 Å². The number of amides is 6. The number of imide groups is 3. The molecule has 15 nitrogen and oxygen atoms in total. The van der Waals surface area contributed by atoms with Gasteiger partial charge in [0, 0.05) is 68.0 Å². The summed E-state index contributed by atoms with van der Waals surface area (Å²) in [7, 11) is 0. The molecule has 62 heavy (non-hydrogen) atoms. The van der Waals surface area contributed by atoms with Crippen molar-refractivity contribution in [3.63, 3.8) is 0 Å². The zero-order valence-corrected chi connectivity index (χ0v) is 35.7. The van der Waals surface area contributed by atoms with Crippen molar-refractivity contribution in [3.05, 3.63) is 161 Å². The normalized spacial score (nSPS) is 13.4. The highest BCUT2D eigenvalue weighted by atomic mass is 79.9. The number of imidazole rings is 3. The number of carbonyl (C=O) groups excluding carboxylic acids is 6. The summed E-state index contributed by atoms with van der Waals surface area (Å²) in [6.45, 7) is 8.72. The molecule has 6 heterocycles. The Balaban J connectivity index is 0.000000164. The standard InChI is InChI=1S/2C15H15N3O2.C11H10BrNO2.C4H6N2.CH4/c1-11-9-17(10-16-11)7-4-8-18-14(19)12-5-2-3-6-13(12)15(18)20;1-11-9-16-10-17(11)7-4-8-18-14(19)12-5-2-3-6-13(12)15(18)20;12-6-3-7-13-10(14)8-4-1-2-5-9(8)11(13)15;1-4-2-5-3-6-4;/h2*2-3,5-6,9-10H,4,7-8H2,1H3;1-2,4-5H,3,6-7H2;2-3H,1H3,(H,5,6);1H4. The van der Waals surface area contributed by atoms with Crippen LogP contribution in [0.5, 0.6) is 0 Å². The van der Waals surface area contributed by atoms with E-state index in [0.29, 0.717) is 53.0 Å². The molecule has 0 bridgehead atoms. The summed E-state index contributed by atoms with van der Waals surface area (Å²) < 4.78 is 3.98. The number of hydrogen-bond acceptors (Lipinski definition) is 9. The Morgan fingerprint density at radius 3 is 1.26 bits per heavy atom. The van der Waals surface area contributed by atoms with Crippen LogP contribution in [0.25, 0.3) is 0 Å². The molecule has 0 saturated heterocycles. The first-order valence-corrected chi connectivity index (χ1v) is 20.9. The molecular weight excluding hydrogens is 854 g/mol. The molecule has 3 aliphatic heterocycles. The van der Waals surface area contributed by atoms with Crippen molar-refractivity contribution in [2.24, 2.45) is 0 Å². The molecule has 322 valence electrons. The van der Waals surface area contributed by atoms with Gasteiger partial charge in [0.1, 0.15) is 0 Å². The van der Waals surface area contributed by atoms with E-state index in [4.69, 9.17) is 0 Å². The van der Waals surface area contributed by atoms with Crippen molar-refractivity contribution >= 4 is 51.4 Å². The molecule has 0 saturated carbocycles. The number of aromatic amines is 1. The summed E-state index contributed by atoms with van der Waals surface area (Å²) in [4.78, 5) is 91.0.